The largest absolute Gasteiger partial charge is 0.496 e. The number of fused-ring (bicyclic) bond motifs is 1. The molecule has 1 amide bonds. The molecule has 3 atom stereocenters. The minimum atomic E-state index is -1.53. The monoisotopic (exact) mass is 652 g/mol. The van der Waals surface area contributed by atoms with Crippen LogP contribution in [0.2, 0.25) is 0 Å². The Hall–Kier alpha value is -4.28. The molecular weight excluding hydrogens is 611 g/mol. The zero-order valence-corrected chi connectivity index (χ0v) is 28.1. The smallest absolute Gasteiger partial charge is 0.333 e. The minimum Gasteiger partial charge on any atom is -0.496 e. The summed E-state index contributed by atoms with van der Waals surface area (Å²) in [5.41, 5.74) is -1.92. The van der Waals surface area contributed by atoms with Crippen LogP contribution in [0.1, 0.15) is 71.1 Å². The van der Waals surface area contributed by atoms with Crippen molar-refractivity contribution in [3.63, 3.8) is 0 Å². The molecule has 0 aliphatic heterocycles. The molecule has 0 fully saturated rings. The predicted molar refractivity (Wildman–Crippen MR) is 175 cm³/mol. The Kier molecular flexibility index (Phi) is 10.9. The number of nitrogens with zero attached hydrogens (tertiary/aromatic N) is 5. The second kappa shape index (κ2) is 14.4. The van der Waals surface area contributed by atoms with Gasteiger partial charge >= 0.3 is 5.69 Å². The molecule has 1 N–H and O–H groups in total. The molecule has 1 aromatic carbocycles. The molecule has 13 heteroatoms. The Bertz CT molecular complexity index is 1850. The highest BCUT2D eigenvalue weighted by atomic mass is 32.1. The fourth-order valence-electron chi connectivity index (χ4n) is 5.45. The summed E-state index contributed by atoms with van der Waals surface area (Å²) >= 11 is 1.21. The Morgan fingerprint density at radius 3 is 2.54 bits per heavy atom. The highest BCUT2D eigenvalue weighted by molar-refractivity contribution is 7.21. The fraction of sp³-hybridized carbons (Fsp3) is 0.485. The molecule has 11 nitrogen and oxygen atoms in total. The number of aryl methyl sites for hydroxylation is 1. The van der Waals surface area contributed by atoms with E-state index >= 15 is 0 Å². The van der Waals surface area contributed by atoms with Gasteiger partial charge in [0.2, 0.25) is 5.91 Å². The molecule has 0 radical (unpaired) electrons. The second-order valence-corrected chi connectivity index (χ2v) is 12.5. The van der Waals surface area contributed by atoms with Gasteiger partial charge in [-0.25, -0.2) is 18.4 Å². The number of thiophene rings is 1. The van der Waals surface area contributed by atoms with Gasteiger partial charge in [-0.15, -0.1) is 0 Å². The molecule has 3 aromatic heterocycles. The maximum absolute atomic E-state index is 14.6. The van der Waals surface area contributed by atoms with Crippen molar-refractivity contribution in [3.05, 3.63) is 74.4 Å². The summed E-state index contributed by atoms with van der Waals surface area (Å²) in [5, 5.41) is 17.7. The van der Waals surface area contributed by atoms with Gasteiger partial charge in [-0.2, -0.15) is 10.4 Å². The average molecular weight is 653 g/mol. The summed E-state index contributed by atoms with van der Waals surface area (Å²) in [5.74, 6) is -1.14. The van der Waals surface area contributed by atoms with Crippen LogP contribution in [0, 0.1) is 30.0 Å². The highest BCUT2D eigenvalue weighted by Crippen LogP contribution is 2.35. The van der Waals surface area contributed by atoms with E-state index in [1.807, 2.05) is 13.8 Å². The standard InChI is InChI=1S/C33H41FN6O5S/c1-8-23(9-2)37-31(42)33(6,10-3)40-28(41)27-21(5)29(39-15-11-14-36-39)46-30(27)38(32(40)43)18-26(45-19-20(4)17-35)24-16-22(34)12-13-25(24)44-7/h11-16,20,23,26H,8-10,18-19H2,1-7H3,(H,37,42)/t20-,26-,33?/m0/s1. The van der Waals surface area contributed by atoms with Gasteiger partial charge in [-0.05, 0) is 64.3 Å². The molecular formula is C33H41FN6O5S. The van der Waals surface area contributed by atoms with Crippen LogP contribution in [0.25, 0.3) is 15.2 Å². The normalized spacial score (nSPS) is 14.2. The van der Waals surface area contributed by atoms with Gasteiger partial charge in [-0.1, -0.05) is 32.1 Å². The van der Waals surface area contributed by atoms with Crippen molar-refractivity contribution >= 4 is 27.5 Å². The number of nitrogens with one attached hydrogen (secondary N) is 1. The van der Waals surface area contributed by atoms with E-state index in [-0.39, 0.29) is 31.0 Å². The lowest BCUT2D eigenvalue weighted by Gasteiger charge is -2.31. The van der Waals surface area contributed by atoms with Crippen LogP contribution in [0.3, 0.4) is 0 Å². The number of amides is 1. The molecule has 1 unspecified atom stereocenters. The summed E-state index contributed by atoms with van der Waals surface area (Å²) in [6.07, 6.45) is 3.92. The minimum absolute atomic E-state index is 0.00905. The van der Waals surface area contributed by atoms with Gasteiger partial charge in [-0.3, -0.25) is 14.2 Å². The molecule has 0 spiro atoms. The lowest BCUT2D eigenvalue weighted by molar-refractivity contribution is -0.130. The number of hydrogen-bond donors (Lipinski definition) is 1. The van der Waals surface area contributed by atoms with Gasteiger partial charge in [0.05, 0.1) is 37.6 Å². The summed E-state index contributed by atoms with van der Waals surface area (Å²) in [6.45, 7) is 10.6. The molecule has 3 heterocycles. The number of aromatic nitrogens is 4. The van der Waals surface area contributed by atoms with Gasteiger partial charge in [0.15, 0.2) is 0 Å². The van der Waals surface area contributed by atoms with E-state index in [0.717, 1.165) is 4.57 Å². The number of carbonyl (C=O) groups is 1. The van der Waals surface area contributed by atoms with E-state index in [2.05, 4.69) is 16.5 Å². The molecule has 0 saturated heterocycles. The molecule has 0 saturated carbocycles. The summed E-state index contributed by atoms with van der Waals surface area (Å²) in [4.78, 5) is 43.3. The third-order valence-corrected chi connectivity index (χ3v) is 9.85. The zero-order valence-electron chi connectivity index (χ0n) is 27.3. The molecule has 246 valence electrons. The number of rotatable bonds is 14. The first-order valence-electron chi connectivity index (χ1n) is 15.4. The van der Waals surface area contributed by atoms with Crippen LogP contribution in [0.5, 0.6) is 5.75 Å². The van der Waals surface area contributed by atoms with E-state index in [1.54, 1.807) is 50.8 Å². The van der Waals surface area contributed by atoms with Gasteiger partial charge in [0.1, 0.15) is 33.0 Å². The quantitative estimate of drug-likeness (QED) is 0.198. The number of halogens is 1. The Morgan fingerprint density at radius 1 is 1.24 bits per heavy atom. The molecule has 4 rings (SSSR count). The Morgan fingerprint density at radius 2 is 1.96 bits per heavy atom. The highest BCUT2D eigenvalue weighted by Gasteiger charge is 2.39. The van der Waals surface area contributed by atoms with E-state index < -0.39 is 40.5 Å². The van der Waals surface area contributed by atoms with Crippen LogP contribution in [0.4, 0.5) is 4.39 Å². The van der Waals surface area contributed by atoms with E-state index in [9.17, 15) is 24.0 Å². The number of nitriles is 1. The summed E-state index contributed by atoms with van der Waals surface area (Å²) < 4.78 is 30.4. The van der Waals surface area contributed by atoms with Crippen molar-refractivity contribution in [3.8, 4) is 16.8 Å². The first kappa shape index (κ1) is 34.6. The predicted octanol–water partition coefficient (Wildman–Crippen LogP) is 5.21. The summed E-state index contributed by atoms with van der Waals surface area (Å²) in [6, 6.07) is 7.74. The average Bonchev–Trinajstić information content (AvgIpc) is 3.71. The molecule has 0 aliphatic rings. The molecule has 46 heavy (non-hydrogen) atoms. The van der Waals surface area contributed by atoms with Gasteiger partial charge in [0.25, 0.3) is 5.56 Å². The summed E-state index contributed by atoms with van der Waals surface area (Å²) in [7, 11) is 1.44. The fourth-order valence-corrected chi connectivity index (χ4v) is 6.70. The number of methoxy groups -OCH3 is 1. The van der Waals surface area contributed by atoms with E-state index in [0.29, 0.717) is 39.5 Å². The molecule has 0 bridgehead atoms. The van der Waals surface area contributed by atoms with Crippen LogP contribution >= 0.6 is 11.3 Å². The van der Waals surface area contributed by atoms with Crippen molar-refractivity contribution in [1.82, 2.24) is 24.2 Å². The van der Waals surface area contributed by atoms with Gasteiger partial charge in [0, 0.05) is 29.6 Å². The SMILES string of the molecule is CCC(CC)NC(=O)C(C)(CC)n1c(=O)c2c(C)c(-n3cccn3)sc2n(C[C@H](OC[C@@H](C)C#N)c2cc(F)ccc2OC)c1=O. The topological polar surface area (TPSA) is 133 Å². The lowest BCUT2D eigenvalue weighted by atomic mass is 9.95. The van der Waals surface area contributed by atoms with Crippen LogP contribution < -0.4 is 21.3 Å². The van der Waals surface area contributed by atoms with Crippen LogP contribution in [-0.2, 0) is 21.6 Å². The number of benzene rings is 1. The van der Waals surface area contributed by atoms with Crippen molar-refractivity contribution in [2.45, 2.75) is 85.0 Å². The number of carbonyl (C=O) groups excluding carboxylic acids is 1. The van der Waals surface area contributed by atoms with Crippen molar-refractivity contribution in [2.75, 3.05) is 13.7 Å². The van der Waals surface area contributed by atoms with E-state index in [1.165, 1.54) is 41.2 Å². The van der Waals surface area contributed by atoms with Crippen LogP contribution in [-0.4, -0.2) is 44.6 Å². The lowest BCUT2D eigenvalue weighted by Crippen LogP contribution is -2.58. The molecule has 0 aliphatic carbocycles. The van der Waals surface area contributed by atoms with Crippen molar-refractivity contribution < 1.29 is 18.7 Å². The maximum Gasteiger partial charge on any atom is 0.333 e. The Balaban J connectivity index is 2.04. The number of hydrogen-bond acceptors (Lipinski definition) is 8. The third kappa shape index (κ3) is 6.50. The zero-order chi connectivity index (χ0) is 33.8. The van der Waals surface area contributed by atoms with Crippen molar-refractivity contribution in [1.29, 1.82) is 5.26 Å². The van der Waals surface area contributed by atoms with Gasteiger partial charge < -0.3 is 14.8 Å². The molecule has 4 aromatic rings. The first-order valence-corrected chi connectivity index (χ1v) is 16.2. The third-order valence-electron chi connectivity index (χ3n) is 8.55. The maximum atomic E-state index is 14.6. The van der Waals surface area contributed by atoms with E-state index in [4.69, 9.17) is 9.47 Å². The van der Waals surface area contributed by atoms with Crippen molar-refractivity contribution in [2.24, 2.45) is 5.92 Å². The van der Waals surface area contributed by atoms with Crippen LogP contribution in [0.15, 0.2) is 46.2 Å². The second-order valence-electron chi connectivity index (χ2n) is 11.5. The number of ether oxygens (including phenoxy) is 2. The Labute approximate surface area is 271 Å². The first-order chi connectivity index (χ1) is 21.9.